The third-order valence-corrected chi connectivity index (χ3v) is 9.70. The Balaban J connectivity index is 1.58. The summed E-state index contributed by atoms with van der Waals surface area (Å²) in [5.41, 5.74) is -2.97. The number of fused-ring (bicyclic) bond motifs is 2. The van der Waals surface area contributed by atoms with Crippen LogP contribution in [0.1, 0.15) is 22.3 Å². The zero-order chi connectivity index (χ0) is 35.7. The van der Waals surface area contributed by atoms with Crippen molar-refractivity contribution < 1.29 is 58.5 Å². The molecular weight excluding hydrogens is 695 g/mol. The van der Waals surface area contributed by atoms with Crippen molar-refractivity contribution in [1.82, 2.24) is 3.97 Å². The average Bonchev–Trinajstić information content (AvgIpc) is 3.57. The monoisotopic (exact) mass is 713 g/mol. The molecule has 0 atom stereocenters. The van der Waals surface area contributed by atoms with Crippen LogP contribution < -0.4 is 9.47 Å². The molecule has 0 saturated carbocycles. The molecule has 0 aliphatic carbocycles. The Morgan fingerprint density at radius 1 is 0.780 bits per heavy atom. The van der Waals surface area contributed by atoms with E-state index in [0.717, 1.165) is 58.6 Å². The molecule has 50 heavy (non-hydrogen) atoms. The fourth-order valence-corrected chi connectivity index (χ4v) is 7.42. The topological polar surface area (TPSA) is 94.8 Å². The fraction of sp³-hybridized carbons (Fsp3) is 0.0571. The molecule has 7 rings (SSSR count). The van der Waals surface area contributed by atoms with Crippen molar-refractivity contribution >= 4 is 26.9 Å². The van der Waals surface area contributed by atoms with Crippen LogP contribution in [0.3, 0.4) is 0 Å². The lowest BCUT2D eigenvalue weighted by molar-refractivity contribution is -0.286. The zero-order valence-electron chi connectivity index (χ0n) is 24.8. The Morgan fingerprint density at radius 2 is 1.44 bits per heavy atom. The maximum atomic E-state index is 15.2. The number of hydrogen-bond donors (Lipinski definition) is 1. The minimum atomic E-state index is -4.82. The Labute approximate surface area is 277 Å². The van der Waals surface area contributed by atoms with E-state index in [4.69, 9.17) is 4.74 Å². The number of carboxylic acids is 1. The highest BCUT2D eigenvalue weighted by Gasteiger charge is 2.45. The normalized spacial score (nSPS) is 13.7. The summed E-state index contributed by atoms with van der Waals surface area (Å²) >= 11 is 0. The lowest BCUT2D eigenvalue weighted by Gasteiger charge is -2.16. The second-order valence-corrected chi connectivity index (χ2v) is 12.8. The number of benzene rings is 5. The number of nitrogens with zero attached hydrogens (tertiary/aromatic N) is 1. The van der Waals surface area contributed by atoms with Crippen LogP contribution in [-0.4, -0.2) is 29.8 Å². The van der Waals surface area contributed by atoms with Gasteiger partial charge in [-0.2, -0.15) is 0 Å². The molecule has 5 aromatic carbocycles. The molecule has 1 aromatic heterocycles. The van der Waals surface area contributed by atoms with Crippen LogP contribution in [0.4, 0.5) is 30.7 Å². The van der Waals surface area contributed by atoms with E-state index in [1.165, 1.54) is 30.3 Å². The number of alkyl halides is 4. The molecule has 2 heterocycles. The molecule has 6 aromatic rings. The Morgan fingerprint density at radius 3 is 2.10 bits per heavy atom. The molecule has 1 aliphatic heterocycles. The number of aromatic carboxylic acids is 1. The quantitative estimate of drug-likeness (QED) is 0.166. The minimum Gasteiger partial charge on any atom is -0.478 e. The Kier molecular flexibility index (Phi) is 7.62. The maximum absolute atomic E-state index is 15.2. The summed E-state index contributed by atoms with van der Waals surface area (Å²) in [4.78, 5) is 10.9. The first-order chi connectivity index (χ1) is 23.7. The number of aromatic nitrogens is 1. The van der Waals surface area contributed by atoms with Crippen molar-refractivity contribution in [2.75, 3.05) is 0 Å². The first-order valence-electron chi connectivity index (χ1n) is 14.4. The molecule has 0 bridgehead atoms. The molecule has 0 radical (unpaired) electrons. The molecule has 0 unspecified atom stereocenters. The van der Waals surface area contributed by atoms with Gasteiger partial charge >= 0.3 is 12.3 Å². The molecular formula is C35H18F7NO6S. The molecule has 0 spiro atoms. The fourth-order valence-electron chi connectivity index (χ4n) is 5.87. The SMILES string of the molecule is O=C(O)c1cc(F)c(-c2cccc(-c3c(-c4cccc5c4OC(F)(F)O5)c4cc(F)ccc4n3S(=O)(=O)c3ccc(C(F)F)cc3)c2)c(F)c1. The van der Waals surface area contributed by atoms with E-state index in [-0.39, 0.29) is 38.9 Å². The second-order valence-electron chi connectivity index (χ2n) is 11.0. The first kappa shape index (κ1) is 32.7. The van der Waals surface area contributed by atoms with E-state index < -0.39 is 79.2 Å². The highest BCUT2D eigenvalue weighted by Crippen LogP contribution is 2.52. The molecule has 254 valence electrons. The van der Waals surface area contributed by atoms with Gasteiger partial charge in [-0.3, -0.25) is 0 Å². The van der Waals surface area contributed by atoms with Gasteiger partial charge in [-0.15, -0.1) is 8.78 Å². The second kappa shape index (κ2) is 11.7. The number of halogens is 7. The van der Waals surface area contributed by atoms with Gasteiger partial charge < -0.3 is 14.6 Å². The van der Waals surface area contributed by atoms with Crippen LogP contribution in [0.5, 0.6) is 11.5 Å². The van der Waals surface area contributed by atoms with Crippen molar-refractivity contribution in [3.05, 3.63) is 126 Å². The van der Waals surface area contributed by atoms with Gasteiger partial charge in [0.1, 0.15) is 17.5 Å². The summed E-state index contributed by atoms with van der Waals surface area (Å²) in [7, 11) is -4.82. The van der Waals surface area contributed by atoms with Crippen LogP contribution in [0, 0.1) is 17.5 Å². The highest BCUT2D eigenvalue weighted by molar-refractivity contribution is 7.90. The lowest BCUT2D eigenvalue weighted by atomic mass is 9.94. The summed E-state index contributed by atoms with van der Waals surface area (Å²) in [6, 6.07) is 16.6. The summed E-state index contributed by atoms with van der Waals surface area (Å²) < 4.78 is 140. The lowest BCUT2D eigenvalue weighted by Crippen LogP contribution is -2.26. The van der Waals surface area contributed by atoms with Crippen molar-refractivity contribution in [2.24, 2.45) is 0 Å². The molecule has 1 aliphatic rings. The Bertz CT molecular complexity index is 2460. The van der Waals surface area contributed by atoms with Gasteiger partial charge in [0, 0.05) is 27.6 Å². The predicted molar refractivity (Wildman–Crippen MR) is 165 cm³/mol. The molecule has 0 saturated heterocycles. The minimum absolute atomic E-state index is 0.0914. The summed E-state index contributed by atoms with van der Waals surface area (Å²) in [5, 5.41) is 9.10. The number of para-hydroxylation sites is 1. The number of rotatable bonds is 7. The number of carboxylic acid groups (broad SMARTS) is 1. The number of hydrogen-bond acceptors (Lipinski definition) is 5. The van der Waals surface area contributed by atoms with Gasteiger partial charge in [0.05, 0.1) is 27.2 Å². The van der Waals surface area contributed by atoms with E-state index in [9.17, 15) is 40.3 Å². The summed E-state index contributed by atoms with van der Waals surface area (Å²) in [6.45, 7) is 0. The van der Waals surface area contributed by atoms with Crippen LogP contribution in [0.15, 0.2) is 102 Å². The molecule has 1 N–H and O–H groups in total. The van der Waals surface area contributed by atoms with Crippen molar-refractivity contribution in [3.63, 3.8) is 0 Å². The van der Waals surface area contributed by atoms with E-state index in [1.807, 2.05) is 0 Å². The van der Waals surface area contributed by atoms with Crippen LogP contribution >= 0.6 is 0 Å². The van der Waals surface area contributed by atoms with E-state index in [1.54, 1.807) is 0 Å². The van der Waals surface area contributed by atoms with E-state index in [2.05, 4.69) is 4.74 Å². The number of carbonyl (C=O) groups is 1. The average molecular weight is 714 g/mol. The van der Waals surface area contributed by atoms with Gasteiger partial charge in [0.25, 0.3) is 16.4 Å². The highest BCUT2D eigenvalue weighted by atomic mass is 32.2. The predicted octanol–water partition coefficient (Wildman–Crippen LogP) is 9.25. The largest absolute Gasteiger partial charge is 0.586 e. The van der Waals surface area contributed by atoms with Crippen LogP contribution in [0.2, 0.25) is 0 Å². The smallest absolute Gasteiger partial charge is 0.478 e. The molecule has 7 nitrogen and oxygen atoms in total. The van der Waals surface area contributed by atoms with Gasteiger partial charge in [-0.05, 0) is 60.2 Å². The molecule has 0 amide bonds. The Hall–Kier alpha value is -5.83. The third-order valence-electron chi connectivity index (χ3n) is 7.97. The van der Waals surface area contributed by atoms with Crippen LogP contribution in [0.25, 0.3) is 44.4 Å². The van der Waals surface area contributed by atoms with E-state index in [0.29, 0.717) is 12.1 Å². The third kappa shape index (κ3) is 5.39. The van der Waals surface area contributed by atoms with Gasteiger partial charge in [-0.1, -0.05) is 42.5 Å². The molecule has 0 fully saturated rings. The standard InChI is InChI=1S/C35H18F7NO6S/c36-21-9-12-27-24(16-21)30(23-5-2-6-28-32(23)49-35(41,42)48-28)31(43(27)50(46,47)22-10-7-17(8-11-22)33(39)40)19-4-1-3-18(13-19)29-25(37)14-20(34(44)45)15-26(29)38/h1-16,33H,(H,44,45). The summed E-state index contributed by atoms with van der Waals surface area (Å²) in [5.74, 6) is -5.93. The molecule has 15 heteroatoms. The van der Waals surface area contributed by atoms with Crippen LogP contribution in [-0.2, 0) is 10.0 Å². The van der Waals surface area contributed by atoms with Gasteiger partial charge in [0.2, 0.25) is 0 Å². The van der Waals surface area contributed by atoms with Gasteiger partial charge in [-0.25, -0.2) is 39.1 Å². The number of ether oxygens (including phenoxy) is 2. The van der Waals surface area contributed by atoms with Crippen molar-refractivity contribution in [3.8, 4) is 45.0 Å². The van der Waals surface area contributed by atoms with E-state index >= 15 is 8.78 Å². The van der Waals surface area contributed by atoms with Crippen molar-refractivity contribution in [2.45, 2.75) is 17.6 Å². The maximum Gasteiger partial charge on any atom is 0.586 e. The van der Waals surface area contributed by atoms with Crippen molar-refractivity contribution in [1.29, 1.82) is 0 Å². The van der Waals surface area contributed by atoms with Gasteiger partial charge in [0.15, 0.2) is 11.5 Å². The first-order valence-corrected chi connectivity index (χ1v) is 15.8. The zero-order valence-corrected chi connectivity index (χ0v) is 25.6. The summed E-state index contributed by atoms with van der Waals surface area (Å²) in [6.07, 6.45) is -7.05.